The number of nitrogens with zero attached hydrogens (tertiary/aromatic N) is 1. The molecule has 0 aromatic rings. The lowest BCUT2D eigenvalue weighted by Gasteiger charge is -2.33. The molecule has 0 saturated carbocycles. The quantitative estimate of drug-likeness (QED) is 0.452. The van der Waals surface area contributed by atoms with Crippen molar-refractivity contribution < 1.29 is 18.5 Å². The molecule has 7 nitrogen and oxygen atoms in total. The summed E-state index contributed by atoms with van der Waals surface area (Å²) in [6.07, 6.45) is 3.92. The molecule has 1 rings (SSSR count). The van der Waals surface area contributed by atoms with Gasteiger partial charge in [0, 0.05) is 12.5 Å². The van der Waals surface area contributed by atoms with Crippen LogP contribution in [0.15, 0.2) is 23.9 Å². The Morgan fingerprint density at radius 3 is 2.39 bits per heavy atom. The highest BCUT2D eigenvalue weighted by Gasteiger charge is 2.47. The second kappa shape index (κ2) is 5.75. The summed E-state index contributed by atoms with van der Waals surface area (Å²) in [4.78, 5) is 10.1. The lowest BCUT2D eigenvalue weighted by Crippen LogP contribution is -2.39. The SMILES string of the molecule is CCOP(=O)(OCC)C1(N)C=CC([N+](=O)[O-])=CC1. The van der Waals surface area contributed by atoms with Gasteiger partial charge in [-0.3, -0.25) is 14.7 Å². The largest absolute Gasteiger partial charge is 0.354 e. The minimum atomic E-state index is -3.54. The van der Waals surface area contributed by atoms with Gasteiger partial charge in [-0.2, -0.15) is 0 Å². The lowest BCUT2D eigenvalue weighted by atomic mass is 10.1. The van der Waals surface area contributed by atoms with Crippen LogP contribution in [0.25, 0.3) is 0 Å². The summed E-state index contributed by atoms with van der Waals surface area (Å²) in [6.45, 7) is 3.74. The highest BCUT2D eigenvalue weighted by molar-refractivity contribution is 7.55. The van der Waals surface area contributed by atoms with E-state index in [0.29, 0.717) is 0 Å². The van der Waals surface area contributed by atoms with Crippen molar-refractivity contribution >= 4 is 7.60 Å². The summed E-state index contributed by atoms with van der Waals surface area (Å²) in [5.74, 6) is 0. The summed E-state index contributed by atoms with van der Waals surface area (Å²) in [6, 6.07) is 0. The molecule has 1 aliphatic carbocycles. The third-order valence-corrected chi connectivity index (χ3v) is 5.05. The average molecular weight is 276 g/mol. The van der Waals surface area contributed by atoms with E-state index in [4.69, 9.17) is 14.8 Å². The third-order valence-electron chi connectivity index (χ3n) is 2.50. The molecule has 0 spiro atoms. The molecule has 0 amide bonds. The van der Waals surface area contributed by atoms with Crippen LogP contribution < -0.4 is 5.73 Å². The predicted molar refractivity (Wildman–Crippen MR) is 66.6 cm³/mol. The second-order valence-electron chi connectivity index (χ2n) is 3.75. The van der Waals surface area contributed by atoms with E-state index in [-0.39, 0.29) is 25.3 Å². The van der Waals surface area contributed by atoms with Crippen molar-refractivity contribution in [2.45, 2.75) is 25.5 Å². The van der Waals surface area contributed by atoms with Gasteiger partial charge in [0.15, 0.2) is 0 Å². The Morgan fingerprint density at radius 2 is 2.06 bits per heavy atom. The van der Waals surface area contributed by atoms with Gasteiger partial charge in [0.1, 0.15) is 5.28 Å². The van der Waals surface area contributed by atoms with Crippen molar-refractivity contribution in [3.63, 3.8) is 0 Å². The van der Waals surface area contributed by atoms with Crippen LogP contribution in [0.3, 0.4) is 0 Å². The zero-order valence-electron chi connectivity index (χ0n) is 10.4. The molecule has 0 bridgehead atoms. The Balaban J connectivity index is 2.98. The number of rotatable bonds is 6. The van der Waals surface area contributed by atoms with Crippen LogP contribution in [-0.4, -0.2) is 23.4 Å². The maximum Gasteiger partial charge on any atom is 0.354 e. The lowest BCUT2D eigenvalue weighted by molar-refractivity contribution is -0.419. The van der Waals surface area contributed by atoms with Crippen LogP contribution in [0.4, 0.5) is 0 Å². The highest BCUT2D eigenvalue weighted by Crippen LogP contribution is 2.60. The van der Waals surface area contributed by atoms with Gasteiger partial charge in [-0.25, -0.2) is 0 Å². The summed E-state index contributed by atoms with van der Waals surface area (Å²) in [7, 11) is -3.54. The van der Waals surface area contributed by atoms with Gasteiger partial charge in [0.25, 0.3) is 5.70 Å². The van der Waals surface area contributed by atoms with E-state index in [1.807, 2.05) is 0 Å². The van der Waals surface area contributed by atoms with Crippen molar-refractivity contribution in [3.8, 4) is 0 Å². The first kappa shape index (κ1) is 15.0. The van der Waals surface area contributed by atoms with E-state index in [1.54, 1.807) is 13.8 Å². The summed E-state index contributed by atoms with van der Waals surface area (Å²) in [5, 5.41) is 9.23. The van der Waals surface area contributed by atoms with Crippen molar-refractivity contribution in [1.82, 2.24) is 0 Å². The van der Waals surface area contributed by atoms with Gasteiger partial charge in [-0.05, 0) is 26.0 Å². The Kier molecular flexibility index (Phi) is 4.81. The topological polar surface area (TPSA) is 105 Å². The molecule has 1 unspecified atom stereocenters. The van der Waals surface area contributed by atoms with Gasteiger partial charge in [0.2, 0.25) is 0 Å². The van der Waals surface area contributed by atoms with Gasteiger partial charge in [0.05, 0.1) is 18.1 Å². The third kappa shape index (κ3) is 2.87. The normalized spacial score (nSPS) is 23.8. The molecular weight excluding hydrogens is 259 g/mol. The van der Waals surface area contributed by atoms with Crippen LogP contribution in [0.5, 0.6) is 0 Å². The van der Waals surface area contributed by atoms with Gasteiger partial charge >= 0.3 is 7.60 Å². The first-order chi connectivity index (χ1) is 8.38. The number of hydrogen-bond acceptors (Lipinski definition) is 6. The predicted octanol–water partition coefficient (Wildman–Crippen LogP) is 2.03. The fourth-order valence-electron chi connectivity index (χ4n) is 1.59. The second-order valence-corrected chi connectivity index (χ2v) is 6.09. The molecule has 18 heavy (non-hydrogen) atoms. The number of hydrogen-bond donors (Lipinski definition) is 1. The van der Waals surface area contributed by atoms with Crippen LogP contribution in [-0.2, 0) is 13.6 Å². The summed E-state index contributed by atoms with van der Waals surface area (Å²) in [5.41, 5.74) is 5.93. The number of nitrogens with two attached hydrogens (primary N) is 1. The first-order valence-electron chi connectivity index (χ1n) is 5.60. The Labute approximate surface area is 105 Å². The molecule has 0 heterocycles. The van der Waals surface area contributed by atoms with E-state index in [1.165, 1.54) is 18.2 Å². The molecule has 0 aromatic carbocycles. The van der Waals surface area contributed by atoms with Crippen LogP contribution >= 0.6 is 7.60 Å². The Hall–Kier alpha value is -1.01. The van der Waals surface area contributed by atoms with E-state index >= 15 is 0 Å². The first-order valence-corrected chi connectivity index (χ1v) is 7.14. The molecule has 102 valence electrons. The molecule has 0 aliphatic heterocycles. The van der Waals surface area contributed by atoms with Crippen LogP contribution in [0.2, 0.25) is 0 Å². The smallest absolute Gasteiger partial charge is 0.312 e. The van der Waals surface area contributed by atoms with E-state index in [2.05, 4.69) is 0 Å². The van der Waals surface area contributed by atoms with E-state index in [9.17, 15) is 14.7 Å². The van der Waals surface area contributed by atoms with Crippen molar-refractivity contribution in [2.75, 3.05) is 13.2 Å². The molecule has 0 saturated heterocycles. The van der Waals surface area contributed by atoms with E-state index < -0.39 is 17.8 Å². The molecular formula is C10H17N2O5P. The Bertz CT molecular complexity index is 424. The Morgan fingerprint density at radius 1 is 1.50 bits per heavy atom. The van der Waals surface area contributed by atoms with Crippen molar-refractivity contribution in [2.24, 2.45) is 5.73 Å². The van der Waals surface area contributed by atoms with Crippen LogP contribution in [0, 0.1) is 10.1 Å². The molecule has 1 aliphatic rings. The number of nitro groups is 1. The molecule has 0 radical (unpaired) electrons. The van der Waals surface area contributed by atoms with Gasteiger partial charge in [-0.1, -0.05) is 0 Å². The van der Waals surface area contributed by atoms with Crippen LogP contribution in [0.1, 0.15) is 20.3 Å². The number of allylic oxidation sites excluding steroid dienone is 1. The fraction of sp³-hybridized carbons (Fsp3) is 0.600. The maximum atomic E-state index is 12.5. The highest BCUT2D eigenvalue weighted by atomic mass is 31.2. The molecule has 2 N–H and O–H groups in total. The molecule has 0 aromatic heterocycles. The van der Waals surface area contributed by atoms with E-state index in [0.717, 1.165) is 0 Å². The molecule has 8 heteroatoms. The molecule has 0 fully saturated rings. The molecule has 1 atom stereocenters. The minimum absolute atomic E-state index is 0.0388. The van der Waals surface area contributed by atoms with Crippen molar-refractivity contribution in [3.05, 3.63) is 34.0 Å². The van der Waals surface area contributed by atoms with Gasteiger partial charge in [-0.15, -0.1) is 0 Å². The van der Waals surface area contributed by atoms with Crippen molar-refractivity contribution in [1.29, 1.82) is 0 Å². The summed E-state index contributed by atoms with van der Waals surface area (Å²) < 4.78 is 22.9. The standard InChI is InChI=1S/C10H17N2O5P/c1-3-16-18(15,17-4-2)10(11)7-5-9(6-8-10)12(13)14/h5-7H,3-4,8,11H2,1-2H3. The minimum Gasteiger partial charge on any atom is -0.312 e. The van der Waals surface area contributed by atoms with Gasteiger partial charge < -0.3 is 14.8 Å². The fourth-order valence-corrected chi connectivity index (χ4v) is 3.40. The average Bonchev–Trinajstić information content (AvgIpc) is 2.30. The zero-order chi connectivity index (χ0) is 13.8. The monoisotopic (exact) mass is 276 g/mol. The maximum absolute atomic E-state index is 12.5. The summed E-state index contributed by atoms with van der Waals surface area (Å²) >= 11 is 0. The zero-order valence-corrected chi connectivity index (χ0v) is 11.3.